The number of rotatable bonds is 4. The van der Waals surface area contributed by atoms with Crippen LogP contribution in [0.4, 0.5) is 26.3 Å². The Hall–Kier alpha value is -1.89. The van der Waals surface area contributed by atoms with Crippen molar-refractivity contribution in [3.8, 4) is 0 Å². The number of hydrogen-bond donors (Lipinski definition) is 1. The Labute approximate surface area is 195 Å². The highest BCUT2D eigenvalue weighted by Crippen LogP contribution is 2.29. The first-order valence-corrected chi connectivity index (χ1v) is 12.2. The third-order valence-electron chi connectivity index (χ3n) is 4.26. The van der Waals surface area contributed by atoms with E-state index in [-0.39, 0.29) is 22.1 Å². The lowest BCUT2D eigenvalue weighted by molar-refractivity contribution is -0.142. The minimum Gasteiger partial charge on any atom is -0.259 e. The van der Waals surface area contributed by atoms with Gasteiger partial charge in [-0.05, 0) is 37.1 Å². The van der Waals surface area contributed by atoms with Gasteiger partial charge < -0.3 is 0 Å². The first-order valence-electron chi connectivity index (χ1n) is 8.55. The van der Waals surface area contributed by atoms with Crippen molar-refractivity contribution >= 4 is 37.4 Å². The summed E-state index contributed by atoms with van der Waals surface area (Å²) < 4.78 is 103. The number of nitrogens with one attached hydrogen (secondary N) is 1. The summed E-state index contributed by atoms with van der Waals surface area (Å²) in [4.78, 5) is 6.54. The van der Waals surface area contributed by atoms with Gasteiger partial charge in [0.1, 0.15) is 11.4 Å². The topological polar surface area (TPSA) is 83.8 Å². The summed E-state index contributed by atoms with van der Waals surface area (Å²) in [6.45, 7) is 3.21. The van der Waals surface area contributed by atoms with Crippen molar-refractivity contribution in [1.82, 2.24) is 9.97 Å². The summed E-state index contributed by atoms with van der Waals surface area (Å²) in [5, 5.41) is -0.943. The molecule has 0 bridgehead atoms. The van der Waals surface area contributed by atoms with Gasteiger partial charge in [0, 0.05) is 62.3 Å². The van der Waals surface area contributed by atoms with Gasteiger partial charge in [0.05, 0.1) is 10.5 Å². The molecule has 1 N–H and O–H groups in total. The molecule has 2 aromatic heterocycles. The normalized spacial score (nSPS) is 15.9. The van der Waals surface area contributed by atoms with Crippen LogP contribution in [0.25, 0.3) is 0 Å². The maximum atomic E-state index is 12.2. The molecular weight excluding hydrogens is 490 g/mol. The Bertz CT molecular complexity index is 1000. The van der Waals surface area contributed by atoms with Crippen molar-refractivity contribution in [3.63, 3.8) is 0 Å². The van der Waals surface area contributed by atoms with Gasteiger partial charge in [-0.25, -0.2) is 4.21 Å². The molecule has 33 heavy (non-hydrogen) atoms. The maximum Gasteiger partial charge on any atom is 0.433 e. The summed E-state index contributed by atoms with van der Waals surface area (Å²) >= 11 is 0. The fourth-order valence-electron chi connectivity index (χ4n) is 2.08. The number of hydrogen-bond acceptors (Lipinski definition) is 5. The summed E-state index contributed by atoms with van der Waals surface area (Å²) in [6, 6.07) is 4.25. The molecule has 180 valence electrons. The molecule has 0 saturated heterocycles. The van der Waals surface area contributed by atoms with Crippen molar-refractivity contribution < 1.29 is 34.8 Å². The molecule has 2 heterocycles. The molecule has 6 radical (unpaired) electrons. The Morgan fingerprint density at radius 1 is 0.879 bits per heavy atom. The number of halogens is 6. The second-order valence-electron chi connectivity index (χ2n) is 6.64. The lowest BCUT2D eigenvalue weighted by Crippen LogP contribution is -2.10. The lowest BCUT2D eigenvalue weighted by atomic mass is 10.2. The van der Waals surface area contributed by atoms with Gasteiger partial charge in [0.15, 0.2) is 0 Å². The first kappa shape index (κ1) is 33.3. The van der Waals surface area contributed by atoms with Gasteiger partial charge in [-0.2, -0.15) is 26.3 Å². The molecule has 4 atom stereocenters. The molecule has 0 aliphatic heterocycles. The molecule has 0 aliphatic rings. The average Bonchev–Trinajstić information content (AvgIpc) is 2.65. The lowest BCUT2D eigenvalue weighted by Gasteiger charge is -2.12. The van der Waals surface area contributed by atoms with E-state index < -0.39 is 49.5 Å². The van der Waals surface area contributed by atoms with E-state index in [9.17, 15) is 34.8 Å². The van der Waals surface area contributed by atoms with Crippen LogP contribution in [0, 0.1) is 4.78 Å². The highest BCUT2D eigenvalue weighted by molar-refractivity contribution is 7.91. The molecule has 5 nitrogen and oxygen atoms in total. The van der Waals surface area contributed by atoms with Gasteiger partial charge in [0.25, 0.3) is 0 Å². The third-order valence-corrected chi connectivity index (χ3v) is 7.15. The van der Waals surface area contributed by atoms with E-state index in [4.69, 9.17) is 4.78 Å². The minimum atomic E-state index is -4.48. The van der Waals surface area contributed by atoms with Crippen LogP contribution < -0.4 is 0 Å². The zero-order valence-corrected chi connectivity index (χ0v) is 19.7. The first-order chi connectivity index (χ1) is 13.9. The predicted octanol–water partition coefficient (Wildman–Crippen LogP) is 4.62. The molecule has 0 aromatic carbocycles. The average molecular weight is 511 g/mol. The fraction of sp³-hybridized carbons (Fsp3) is 0.444. The van der Waals surface area contributed by atoms with Gasteiger partial charge in [-0.1, -0.05) is 12.1 Å². The summed E-state index contributed by atoms with van der Waals surface area (Å²) in [7, 11) is -3.94. The van der Waals surface area contributed by atoms with E-state index in [1.54, 1.807) is 6.92 Å². The SMILES string of the molecule is CC(c1ccc(C(F)(F)F)nc1)S(C)(=N)=O.CC(c1ccc(C(F)(F)F)nc1)S(C)=O.[B].[B]. The van der Waals surface area contributed by atoms with Crippen molar-refractivity contribution in [3.05, 3.63) is 59.2 Å². The van der Waals surface area contributed by atoms with Crippen LogP contribution in [-0.2, 0) is 32.9 Å². The second-order valence-corrected chi connectivity index (χ2v) is 10.9. The number of aromatic nitrogens is 2. The fourth-order valence-corrected chi connectivity index (χ4v) is 3.26. The van der Waals surface area contributed by atoms with Crippen molar-refractivity contribution in [2.24, 2.45) is 0 Å². The summed E-state index contributed by atoms with van der Waals surface area (Å²) in [5.74, 6) is 0. The second kappa shape index (κ2) is 12.5. The van der Waals surface area contributed by atoms with Crippen LogP contribution in [0.15, 0.2) is 36.7 Å². The van der Waals surface area contributed by atoms with E-state index in [2.05, 4.69) is 9.97 Å². The number of alkyl halides is 6. The molecule has 0 saturated carbocycles. The Morgan fingerprint density at radius 2 is 1.24 bits per heavy atom. The maximum absolute atomic E-state index is 12.2. The van der Waals surface area contributed by atoms with Gasteiger partial charge in [-0.15, -0.1) is 0 Å². The Kier molecular flexibility index (Phi) is 12.6. The predicted molar refractivity (Wildman–Crippen MR) is 118 cm³/mol. The van der Waals surface area contributed by atoms with Gasteiger partial charge >= 0.3 is 12.4 Å². The van der Waals surface area contributed by atoms with E-state index in [1.807, 2.05) is 0 Å². The van der Waals surface area contributed by atoms with Crippen molar-refractivity contribution in [1.29, 1.82) is 4.78 Å². The molecule has 0 fully saturated rings. The van der Waals surface area contributed by atoms with Crippen LogP contribution in [-0.4, -0.2) is 47.7 Å². The van der Waals surface area contributed by atoms with Crippen molar-refractivity contribution in [2.45, 2.75) is 36.7 Å². The summed E-state index contributed by atoms with van der Waals surface area (Å²) in [5.41, 5.74) is -1.00. The largest absolute Gasteiger partial charge is 0.433 e. The van der Waals surface area contributed by atoms with E-state index in [0.29, 0.717) is 11.1 Å². The highest BCUT2D eigenvalue weighted by atomic mass is 32.2. The van der Waals surface area contributed by atoms with Crippen molar-refractivity contribution in [2.75, 3.05) is 12.5 Å². The van der Waals surface area contributed by atoms with Gasteiger partial charge in [-0.3, -0.25) is 19.0 Å². The molecule has 0 amide bonds. The zero-order chi connectivity index (χ0) is 24.2. The monoisotopic (exact) mass is 511 g/mol. The molecular formula is C18H21B2F6N3O2S2. The standard InChI is InChI=1S/C9H11F3N2OS.C9H10F3NOS.2B/c1-6(16(2,13)15)7-3-4-8(14-5-7)9(10,11)12;1-6(15(2)14)7-3-4-8(13-5-7)9(10,11)12;;/h3-6,13H,1-2H3;3-6H,1-2H3;;. The molecule has 0 spiro atoms. The molecule has 2 aromatic rings. The van der Waals surface area contributed by atoms with Crippen LogP contribution in [0.2, 0.25) is 0 Å². The molecule has 0 aliphatic carbocycles. The summed E-state index contributed by atoms with van der Waals surface area (Å²) in [6.07, 6.45) is -4.01. The molecule has 15 heteroatoms. The van der Waals surface area contributed by atoms with Gasteiger partial charge in [0.2, 0.25) is 0 Å². The smallest absolute Gasteiger partial charge is 0.259 e. The molecule has 2 rings (SSSR count). The number of nitrogens with zero attached hydrogens (tertiary/aromatic N) is 2. The van der Waals surface area contributed by atoms with E-state index in [0.717, 1.165) is 24.5 Å². The van der Waals surface area contributed by atoms with Crippen LogP contribution in [0.3, 0.4) is 0 Å². The quantitative estimate of drug-likeness (QED) is 0.480. The van der Waals surface area contributed by atoms with E-state index in [1.165, 1.54) is 31.6 Å². The third kappa shape index (κ3) is 10.3. The number of pyridine rings is 2. The van der Waals surface area contributed by atoms with Crippen LogP contribution in [0.1, 0.15) is 46.9 Å². The Balaban J connectivity index is 0. The van der Waals surface area contributed by atoms with E-state index >= 15 is 0 Å². The zero-order valence-electron chi connectivity index (χ0n) is 18.1. The van der Waals surface area contributed by atoms with Crippen LogP contribution >= 0.6 is 0 Å². The Morgan fingerprint density at radius 3 is 1.48 bits per heavy atom. The molecule has 4 unspecified atom stereocenters. The highest BCUT2D eigenvalue weighted by Gasteiger charge is 2.33. The van der Waals surface area contributed by atoms with Crippen LogP contribution in [0.5, 0.6) is 0 Å². The minimum absolute atomic E-state index is 0.